The Morgan fingerprint density at radius 1 is 0.875 bits per heavy atom. The molecule has 218 valence electrons. The molecular formula is C27H35N2O10P. The number of hydrogen-bond acceptors (Lipinski definition) is 8. The molecule has 40 heavy (non-hydrogen) atoms. The van der Waals surface area contributed by atoms with E-state index in [1.807, 2.05) is 42.5 Å². The highest BCUT2D eigenvalue weighted by molar-refractivity contribution is 7.53. The van der Waals surface area contributed by atoms with Crippen LogP contribution in [-0.4, -0.2) is 69.8 Å². The van der Waals surface area contributed by atoms with Gasteiger partial charge in [0.25, 0.3) is 0 Å². The minimum absolute atomic E-state index is 0.0810. The molecule has 0 aromatic heterocycles. The van der Waals surface area contributed by atoms with Crippen LogP contribution in [0.15, 0.2) is 54.6 Å². The lowest BCUT2D eigenvalue weighted by Gasteiger charge is -2.36. The number of nitrogens with one attached hydrogen (secondary N) is 2. The molecule has 0 aliphatic rings. The maximum absolute atomic E-state index is 13.2. The number of aliphatic carboxylic acids is 1. The van der Waals surface area contributed by atoms with Gasteiger partial charge >= 0.3 is 25.5 Å². The van der Waals surface area contributed by atoms with Gasteiger partial charge in [-0.05, 0) is 37.0 Å². The number of carbonyl (C=O) groups excluding carboxylic acids is 3. The molecule has 1 amide bonds. The third-order valence-corrected chi connectivity index (χ3v) is 7.50. The van der Waals surface area contributed by atoms with Crippen LogP contribution in [-0.2, 0) is 39.6 Å². The van der Waals surface area contributed by atoms with Gasteiger partial charge in [0.1, 0.15) is 5.28 Å². The SMILES string of the molecule is CCOC(=O)CC(CC(=O)OCC)(NC(Cc1ccc(-c2ccccc2)cc1)C(=O)NCCC(=O)O)P(=O)(O)O. The molecule has 0 fully saturated rings. The summed E-state index contributed by atoms with van der Waals surface area (Å²) < 4.78 is 22.7. The Hall–Kier alpha value is -3.57. The standard InChI is InChI=1S/C27H35N2O10P/c1-3-38-24(32)17-27(40(35,36)37,18-25(33)39-4-2)29-22(26(34)28-15-14-23(30)31)16-19-10-12-21(13-11-19)20-8-6-5-7-9-20/h5-13,22,29H,3-4,14-18H2,1-2H3,(H,28,34)(H,30,31)(H2,35,36,37). The fraction of sp³-hybridized carbons (Fsp3) is 0.407. The first-order valence-corrected chi connectivity index (χ1v) is 14.3. The largest absolute Gasteiger partial charge is 0.481 e. The average Bonchev–Trinajstić information content (AvgIpc) is 2.88. The molecule has 0 heterocycles. The fourth-order valence-electron chi connectivity index (χ4n) is 4.01. The van der Waals surface area contributed by atoms with E-state index in [-0.39, 0.29) is 32.6 Å². The Balaban J connectivity index is 2.47. The third kappa shape index (κ3) is 9.87. The summed E-state index contributed by atoms with van der Waals surface area (Å²) in [5.41, 5.74) is 2.45. The lowest BCUT2D eigenvalue weighted by Crippen LogP contribution is -2.58. The van der Waals surface area contributed by atoms with E-state index < -0.39 is 55.6 Å². The van der Waals surface area contributed by atoms with Gasteiger partial charge in [0.15, 0.2) is 0 Å². The number of ether oxygens (including phenoxy) is 2. The summed E-state index contributed by atoms with van der Waals surface area (Å²) in [6.45, 7) is 2.60. The number of carboxylic acid groups (broad SMARTS) is 1. The highest BCUT2D eigenvalue weighted by atomic mass is 31.2. The van der Waals surface area contributed by atoms with Crippen molar-refractivity contribution in [3.05, 3.63) is 60.2 Å². The number of carbonyl (C=O) groups is 4. The van der Waals surface area contributed by atoms with Crippen molar-refractivity contribution in [2.75, 3.05) is 19.8 Å². The summed E-state index contributed by atoms with van der Waals surface area (Å²) in [5.74, 6) is -3.94. The molecule has 5 N–H and O–H groups in total. The number of esters is 2. The van der Waals surface area contributed by atoms with Crippen molar-refractivity contribution in [2.45, 2.75) is 50.9 Å². The van der Waals surface area contributed by atoms with Crippen LogP contribution >= 0.6 is 7.60 Å². The zero-order chi connectivity index (χ0) is 29.8. The van der Waals surface area contributed by atoms with Crippen LogP contribution in [0.2, 0.25) is 0 Å². The van der Waals surface area contributed by atoms with Crippen LogP contribution in [0.3, 0.4) is 0 Å². The first-order chi connectivity index (χ1) is 18.9. The van der Waals surface area contributed by atoms with E-state index in [4.69, 9.17) is 14.6 Å². The first kappa shape index (κ1) is 32.6. The lowest BCUT2D eigenvalue weighted by molar-refractivity contribution is -0.148. The fourth-order valence-corrected chi connectivity index (χ4v) is 5.00. The van der Waals surface area contributed by atoms with E-state index in [1.165, 1.54) is 13.8 Å². The highest BCUT2D eigenvalue weighted by Gasteiger charge is 2.52. The summed E-state index contributed by atoms with van der Waals surface area (Å²) in [4.78, 5) is 69.8. The Morgan fingerprint density at radius 2 is 1.40 bits per heavy atom. The molecule has 0 saturated heterocycles. The van der Waals surface area contributed by atoms with Gasteiger partial charge in [-0.3, -0.25) is 29.1 Å². The van der Waals surface area contributed by atoms with Crippen molar-refractivity contribution >= 4 is 31.4 Å². The summed E-state index contributed by atoms with van der Waals surface area (Å²) in [5, 5.41) is 11.4. The van der Waals surface area contributed by atoms with Gasteiger partial charge < -0.3 is 29.7 Å². The van der Waals surface area contributed by atoms with Gasteiger partial charge in [0, 0.05) is 6.54 Å². The van der Waals surface area contributed by atoms with Crippen molar-refractivity contribution < 1.29 is 48.1 Å². The average molecular weight is 579 g/mol. The Bertz CT molecular complexity index is 1180. The number of amides is 1. The van der Waals surface area contributed by atoms with Gasteiger partial charge in [-0.2, -0.15) is 0 Å². The zero-order valence-electron chi connectivity index (χ0n) is 22.4. The Kier molecular flexibility index (Phi) is 12.5. The summed E-state index contributed by atoms with van der Waals surface area (Å²) >= 11 is 0. The van der Waals surface area contributed by atoms with Gasteiger partial charge in [-0.15, -0.1) is 0 Å². The van der Waals surface area contributed by atoms with Gasteiger partial charge in [0.05, 0.1) is 38.5 Å². The van der Waals surface area contributed by atoms with Crippen molar-refractivity contribution in [1.29, 1.82) is 0 Å². The molecule has 0 saturated carbocycles. The molecule has 12 nitrogen and oxygen atoms in total. The highest BCUT2D eigenvalue weighted by Crippen LogP contribution is 2.53. The molecule has 13 heteroatoms. The van der Waals surface area contributed by atoms with Crippen LogP contribution in [0.25, 0.3) is 11.1 Å². The quantitative estimate of drug-likeness (QED) is 0.145. The number of rotatable bonds is 16. The normalized spacial score (nSPS) is 12.3. The smallest absolute Gasteiger partial charge is 0.346 e. The topological polar surface area (TPSA) is 189 Å². The third-order valence-electron chi connectivity index (χ3n) is 5.94. The molecule has 0 bridgehead atoms. The van der Waals surface area contributed by atoms with Crippen molar-refractivity contribution in [3.63, 3.8) is 0 Å². The van der Waals surface area contributed by atoms with Crippen LogP contribution < -0.4 is 10.6 Å². The molecule has 1 unspecified atom stereocenters. The number of carboxylic acids is 1. The van der Waals surface area contributed by atoms with E-state index in [0.717, 1.165) is 11.1 Å². The molecule has 0 aliphatic carbocycles. The predicted octanol–water partition coefficient (Wildman–Crippen LogP) is 2.23. The van der Waals surface area contributed by atoms with Crippen LogP contribution in [0.5, 0.6) is 0 Å². The molecule has 0 radical (unpaired) electrons. The van der Waals surface area contributed by atoms with E-state index in [1.54, 1.807) is 12.1 Å². The van der Waals surface area contributed by atoms with Crippen molar-refractivity contribution in [3.8, 4) is 11.1 Å². The van der Waals surface area contributed by atoms with Crippen molar-refractivity contribution in [1.82, 2.24) is 10.6 Å². The van der Waals surface area contributed by atoms with E-state index >= 15 is 0 Å². The van der Waals surface area contributed by atoms with Crippen LogP contribution in [0.1, 0.15) is 38.7 Å². The predicted molar refractivity (Wildman–Crippen MR) is 145 cm³/mol. The minimum atomic E-state index is -5.34. The van der Waals surface area contributed by atoms with Crippen molar-refractivity contribution in [2.24, 2.45) is 0 Å². The maximum atomic E-state index is 13.2. The molecule has 1 atom stereocenters. The molecule has 2 aromatic carbocycles. The van der Waals surface area contributed by atoms with E-state index in [0.29, 0.717) is 5.56 Å². The molecule has 2 aromatic rings. The van der Waals surface area contributed by atoms with Gasteiger partial charge in [0.2, 0.25) is 5.91 Å². The molecule has 2 rings (SSSR count). The lowest BCUT2D eigenvalue weighted by atomic mass is 9.99. The van der Waals surface area contributed by atoms with Gasteiger partial charge in [-0.25, -0.2) is 0 Å². The zero-order valence-corrected chi connectivity index (χ0v) is 23.3. The summed E-state index contributed by atoms with van der Waals surface area (Å²) in [7, 11) is -5.34. The molecule has 0 aliphatic heterocycles. The van der Waals surface area contributed by atoms with Gasteiger partial charge in [-0.1, -0.05) is 54.6 Å². The second kappa shape index (κ2) is 15.3. The van der Waals surface area contributed by atoms with E-state index in [2.05, 4.69) is 10.6 Å². The minimum Gasteiger partial charge on any atom is -0.481 e. The van der Waals surface area contributed by atoms with Crippen LogP contribution in [0, 0.1) is 0 Å². The number of hydrogen-bond donors (Lipinski definition) is 5. The van der Waals surface area contributed by atoms with E-state index in [9.17, 15) is 33.5 Å². The molecule has 0 spiro atoms. The second-order valence-electron chi connectivity index (χ2n) is 8.94. The summed E-state index contributed by atoms with van der Waals surface area (Å²) in [6.07, 6.45) is -2.37. The van der Waals surface area contributed by atoms with Crippen LogP contribution in [0.4, 0.5) is 0 Å². The summed E-state index contributed by atoms with van der Waals surface area (Å²) in [6, 6.07) is 15.2. The monoisotopic (exact) mass is 578 g/mol. The second-order valence-corrected chi connectivity index (χ2v) is 10.9. The molecular weight excluding hydrogens is 543 g/mol. The first-order valence-electron chi connectivity index (χ1n) is 12.7. The Morgan fingerprint density at radius 3 is 1.88 bits per heavy atom. The number of benzene rings is 2. The maximum Gasteiger partial charge on any atom is 0.346 e. The Labute approximate surface area is 232 Å².